The van der Waals surface area contributed by atoms with Gasteiger partial charge in [-0.25, -0.2) is 10.1 Å². The molecular weight excluding hydrogens is 250 g/mol. The normalized spacial score (nSPS) is 15.2. The van der Waals surface area contributed by atoms with E-state index < -0.39 is 11.7 Å². The third-order valence-corrected chi connectivity index (χ3v) is 2.56. The van der Waals surface area contributed by atoms with Crippen LogP contribution in [0.1, 0.15) is 12.5 Å². The van der Waals surface area contributed by atoms with E-state index in [1.54, 1.807) is 30.3 Å². The lowest BCUT2D eigenvalue weighted by atomic mass is 10.1. The Morgan fingerprint density at radius 1 is 1.42 bits per heavy atom. The van der Waals surface area contributed by atoms with Gasteiger partial charge in [0.1, 0.15) is 0 Å². The van der Waals surface area contributed by atoms with Crippen molar-refractivity contribution >= 4 is 12.2 Å². The molecule has 0 saturated heterocycles. The highest BCUT2D eigenvalue weighted by molar-refractivity contribution is 5.86. The van der Waals surface area contributed by atoms with Gasteiger partial charge in [-0.3, -0.25) is 0 Å². The average Bonchev–Trinajstić information content (AvgIpc) is 2.46. The van der Waals surface area contributed by atoms with Gasteiger partial charge in [0.2, 0.25) is 0 Å². The first-order chi connectivity index (χ1) is 9.04. The van der Waals surface area contributed by atoms with Gasteiger partial charge in [-0.15, -0.1) is 0 Å². The molecule has 0 aliphatic heterocycles. The molecule has 0 saturated carbocycles. The van der Waals surface area contributed by atoms with Gasteiger partial charge in [-0.05, 0) is 12.1 Å². The van der Waals surface area contributed by atoms with Crippen LogP contribution in [0.25, 0.3) is 0 Å². The molecule has 0 aliphatic carbocycles. The summed E-state index contributed by atoms with van der Waals surface area (Å²) < 4.78 is 4.77. The van der Waals surface area contributed by atoms with Gasteiger partial charge in [-0.1, -0.05) is 18.2 Å². The summed E-state index contributed by atoms with van der Waals surface area (Å²) in [5.74, 6) is -0.587. The number of nitrogens with zero attached hydrogens (tertiary/aromatic N) is 1. The van der Waals surface area contributed by atoms with E-state index in [2.05, 4.69) is 9.62 Å². The molecule has 19 heavy (non-hydrogen) atoms. The van der Waals surface area contributed by atoms with Crippen LogP contribution in [0.4, 0.5) is 0 Å². The zero-order valence-electron chi connectivity index (χ0n) is 10.6. The van der Waals surface area contributed by atoms with E-state index >= 15 is 0 Å². The number of methoxy groups -OCH3 is 1. The zero-order chi connectivity index (χ0) is 14.3. The Balaban J connectivity index is 2.99. The standard InChI is InChI=1S/C13H15NO5/c1-13(19-17,11-7-4-3-5-8-11)14(16)10-6-9-12(15)18-2/h3-10,17H,1-2H3/b9-6-,14-10-. The second-order valence-electron chi connectivity index (χ2n) is 3.80. The molecule has 1 aromatic rings. The first-order valence-electron chi connectivity index (χ1n) is 5.48. The van der Waals surface area contributed by atoms with Gasteiger partial charge in [0.15, 0.2) is 6.21 Å². The SMILES string of the molecule is COC(=O)/C=C\C=[N+](/[O-])C(C)(OO)c1ccccc1. The number of hydrogen-bond acceptors (Lipinski definition) is 5. The summed E-state index contributed by atoms with van der Waals surface area (Å²) in [4.78, 5) is 15.2. The Hall–Kier alpha value is -2.18. The molecule has 0 spiro atoms. The Morgan fingerprint density at radius 2 is 2.05 bits per heavy atom. The Bertz CT molecular complexity index is 483. The van der Waals surface area contributed by atoms with Crippen LogP contribution < -0.4 is 0 Å². The van der Waals surface area contributed by atoms with E-state index in [9.17, 15) is 10.0 Å². The van der Waals surface area contributed by atoms with E-state index in [1.807, 2.05) is 0 Å². The summed E-state index contributed by atoms with van der Waals surface area (Å²) in [5, 5.41) is 20.9. The monoisotopic (exact) mass is 265 g/mol. The minimum atomic E-state index is -1.60. The summed E-state index contributed by atoms with van der Waals surface area (Å²) in [7, 11) is 1.23. The molecule has 1 rings (SSSR count). The van der Waals surface area contributed by atoms with Gasteiger partial charge < -0.3 is 9.94 Å². The molecule has 1 unspecified atom stereocenters. The molecule has 0 fully saturated rings. The van der Waals surface area contributed by atoms with E-state index in [-0.39, 0.29) is 0 Å². The molecule has 0 amide bonds. The molecule has 0 bridgehead atoms. The highest BCUT2D eigenvalue weighted by atomic mass is 17.1. The highest BCUT2D eigenvalue weighted by Crippen LogP contribution is 2.24. The summed E-state index contributed by atoms with van der Waals surface area (Å²) >= 11 is 0. The molecule has 0 aliphatic rings. The number of rotatable bonds is 5. The van der Waals surface area contributed by atoms with Crippen molar-refractivity contribution in [3.8, 4) is 0 Å². The molecule has 1 N–H and O–H groups in total. The van der Waals surface area contributed by atoms with Crippen molar-refractivity contribution in [1.29, 1.82) is 0 Å². The Labute approximate surface area is 110 Å². The van der Waals surface area contributed by atoms with Crippen LogP contribution >= 0.6 is 0 Å². The minimum Gasteiger partial charge on any atom is -0.621 e. The fourth-order valence-electron chi connectivity index (χ4n) is 1.38. The van der Waals surface area contributed by atoms with Crippen molar-refractivity contribution in [2.45, 2.75) is 12.6 Å². The van der Waals surface area contributed by atoms with E-state index in [4.69, 9.17) is 5.26 Å². The third kappa shape index (κ3) is 3.64. The van der Waals surface area contributed by atoms with Gasteiger partial charge in [0.25, 0.3) is 0 Å². The largest absolute Gasteiger partial charge is 0.621 e. The second kappa shape index (κ2) is 6.67. The lowest BCUT2D eigenvalue weighted by molar-refractivity contribution is -0.659. The summed E-state index contributed by atoms with van der Waals surface area (Å²) in [6.45, 7) is 1.40. The van der Waals surface area contributed by atoms with Gasteiger partial charge in [0.05, 0.1) is 12.7 Å². The quantitative estimate of drug-likeness (QED) is 0.128. The lowest BCUT2D eigenvalue weighted by Crippen LogP contribution is -2.36. The molecular formula is C13H15NO5. The molecule has 1 atom stereocenters. The molecule has 0 radical (unpaired) electrons. The first kappa shape index (κ1) is 14.9. The molecule has 6 heteroatoms. The molecule has 1 aromatic carbocycles. The van der Waals surface area contributed by atoms with Crippen molar-refractivity contribution in [3.05, 3.63) is 53.3 Å². The number of allylic oxidation sites excluding steroid dienone is 1. The number of ether oxygens (including phenoxy) is 1. The Kier molecular flexibility index (Phi) is 5.23. The zero-order valence-corrected chi connectivity index (χ0v) is 10.6. The maximum atomic E-state index is 11.9. The summed E-state index contributed by atoms with van der Waals surface area (Å²) in [6.07, 6.45) is 3.34. The molecule has 6 nitrogen and oxygen atoms in total. The van der Waals surface area contributed by atoms with Crippen LogP contribution in [0.15, 0.2) is 42.5 Å². The number of carbonyl (C=O) groups excluding carboxylic acids is 1. The van der Waals surface area contributed by atoms with Gasteiger partial charge in [-0.2, -0.15) is 9.63 Å². The first-order valence-corrected chi connectivity index (χ1v) is 5.48. The molecule has 0 aromatic heterocycles. The number of benzene rings is 1. The maximum Gasteiger partial charge on any atom is 0.330 e. The van der Waals surface area contributed by atoms with Crippen molar-refractivity contribution < 1.29 is 24.4 Å². The van der Waals surface area contributed by atoms with E-state index in [0.29, 0.717) is 10.3 Å². The van der Waals surface area contributed by atoms with Gasteiger partial charge >= 0.3 is 11.7 Å². The summed E-state index contributed by atoms with van der Waals surface area (Å²) in [6, 6.07) is 8.48. The number of esters is 1. The second-order valence-corrected chi connectivity index (χ2v) is 3.80. The number of carbonyl (C=O) groups is 1. The van der Waals surface area contributed by atoms with Crippen LogP contribution in [0, 0.1) is 5.21 Å². The molecule has 0 heterocycles. The minimum absolute atomic E-state index is 0.391. The highest BCUT2D eigenvalue weighted by Gasteiger charge is 2.36. The van der Waals surface area contributed by atoms with Gasteiger partial charge in [0, 0.05) is 19.1 Å². The smallest absolute Gasteiger partial charge is 0.330 e. The van der Waals surface area contributed by atoms with Crippen molar-refractivity contribution in [3.63, 3.8) is 0 Å². The van der Waals surface area contributed by atoms with Crippen molar-refractivity contribution in [2.24, 2.45) is 0 Å². The Morgan fingerprint density at radius 3 is 2.58 bits per heavy atom. The summed E-state index contributed by atoms with van der Waals surface area (Å²) in [5.41, 5.74) is -1.13. The van der Waals surface area contributed by atoms with Crippen LogP contribution in [0.5, 0.6) is 0 Å². The third-order valence-electron chi connectivity index (χ3n) is 2.56. The van der Waals surface area contributed by atoms with Crippen LogP contribution in [-0.2, 0) is 20.1 Å². The van der Waals surface area contributed by atoms with Crippen LogP contribution in [0.3, 0.4) is 0 Å². The van der Waals surface area contributed by atoms with Crippen molar-refractivity contribution in [2.75, 3.05) is 7.11 Å². The average molecular weight is 265 g/mol. The van der Waals surface area contributed by atoms with Crippen LogP contribution in [-0.4, -0.2) is 29.3 Å². The maximum absolute atomic E-state index is 11.9. The fourth-order valence-corrected chi connectivity index (χ4v) is 1.38. The van der Waals surface area contributed by atoms with E-state index in [1.165, 1.54) is 20.1 Å². The van der Waals surface area contributed by atoms with E-state index in [0.717, 1.165) is 12.3 Å². The van der Waals surface area contributed by atoms with Crippen molar-refractivity contribution in [1.82, 2.24) is 0 Å². The predicted molar refractivity (Wildman–Crippen MR) is 68.4 cm³/mol. The molecule has 102 valence electrons. The topological polar surface area (TPSA) is 81.8 Å². The number of hydroxylamine groups is 1. The number of hydrogen-bond donors (Lipinski definition) is 1. The predicted octanol–water partition coefficient (Wildman–Crippen LogP) is 1.66. The fraction of sp³-hybridized carbons (Fsp3) is 0.231. The van der Waals surface area contributed by atoms with Crippen LogP contribution in [0.2, 0.25) is 0 Å². The lowest BCUT2D eigenvalue weighted by Gasteiger charge is -2.24.